The maximum absolute atomic E-state index is 11.7. The van der Waals surface area contributed by atoms with Crippen molar-refractivity contribution < 1.29 is 31.0 Å². The van der Waals surface area contributed by atoms with E-state index in [0.717, 1.165) is 18.2 Å². The molecule has 0 spiro atoms. The van der Waals surface area contributed by atoms with E-state index in [2.05, 4.69) is 5.32 Å². The van der Waals surface area contributed by atoms with E-state index in [-0.39, 0.29) is 16.5 Å². The summed E-state index contributed by atoms with van der Waals surface area (Å²) in [6, 6.07) is 12.6. The van der Waals surface area contributed by atoms with Crippen LogP contribution in [0.2, 0.25) is 0 Å². The molecule has 4 N–H and O–H groups in total. The molecule has 0 amide bonds. The summed E-state index contributed by atoms with van der Waals surface area (Å²) >= 11 is 0. The number of anilines is 2. The molecule has 0 saturated carbocycles. The second kappa shape index (κ2) is 6.25. The van der Waals surface area contributed by atoms with Crippen molar-refractivity contribution in [1.82, 2.24) is 0 Å². The Hall–Kier alpha value is -2.66. The molecule has 0 heterocycles. The topological polar surface area (TPSA) is 141 Å². The first-order valence-corrected chi connectivity index (χ1v) is 10.0. The molecule has 0 aliphatic carbocycles. The molecule has 26 heavy (non-hydrogen) atoms. The lowest BCUT2D eigenvalue weighted by Gasteiger charge is -2.13. The van der Waals surface area contributed by atoms with Gasteiger partial charge in [0.05, 0.1) is 10.6 Å². The van der Waals surface area contributed by atoms with Crippen molar-refractivity contribution in [2.24, 2.45) is 0 Å². The van der Waals surface area contributed by atoms with Gasteiger partial charge in [0.15, 0.2) is 0 Å². The Morgan fingerprint density at radius 2 is 1.46 bits per heavy atom. The van der Waals surface area contributed by atoms with E-state index >= 15 is 0 Å². The number of hydrogen-bond donors (Lipinski definition) is 4. The Bertz CT molecular complexity index is 1200. The van der Waals surface area contributed by atoms with Gasteiger partial charge in [0.25, 0.3) is 20.2 Å². The number of para-hydroxylation sites is 1. The first-order chi connectivity index (χ1) is 12.1. The molecule has 10 heteroatoms. The molecule has 0 unspecified atom stereocenters. The van der Waals surface area contributed by atoms with Gasteiger partial charge < -0.3 is 10.4 Å². The van der Waals surface area contributed by atoms with Crippen molar-refractivity contribution in [3.8, 4) is 5.75 Å². The molecule has 8 nitrogen and oxygen atoms in total. The normalized spacial score (nSPS) is 12.2. The van der Waals surface area contributed by atoms with E-state index in [4.69, 9.17) is 4.55 Å². The standard InChI is InChI=1S/C16H13NO7S2/c18-15-8-12(25(19,20)21)6-10-7-16(26(22,23)24)14(9-13(10)15)17-11-4-2-1-3-5-11/h1-9,17-18H,(H,19,20,21)(H,22,23,24). The highest BCUT2D eigenvalue weighted by molar-refractivity contribution is 7.86. The van der Waals surface area contributed by atoms with Crippen molar-refractivity contribution >= 4 is 42.4 Å². The predicted octanol–water partition coefficient (Wildman–Crippen LogP) is 2.78. The summed E-state index contributed by atoms with van der Waals surface area (Å²) < 4.78 is 64.7. The molecule has 0 aromatic heterocycles. The maximum atomic E-state index is 11.7. The van der Waals surface area contributed by atoms with Crippen LogP contribution in [0.1, 0.15) is 0 Å². The van der Waals surface area contributed by atoms with E-state index in [1.807, 2.05) is 0 Å². The number of rotatable bonds is 4. The van der Waals surface area contributed by atoms with Crippen LogP contribution in [0, 0.1) is 0 Å². The summed E-state index contributed by atoms with van der Waals surface area (Å²) in [6.07, 6.45) is 0. The number of phenolic OH excluding ortho intramolecular Hbond substituents is 1. The monoisotopic (exact) mass is 395 g/mol. The van der Waals surface area contributed by atoms with Crippen molar-refractivity contribution in [3.63, 3.8) is 0 Å². The summed E-state index contributed by atoms with van der Waals surface area (Å²) in [7, 11) is -9.27. The van der Waals surface area contributed by atoms with Gasteiger partial charge in [-0.25, -0.2) is 0 Å². The van der Waals surface area contributed by atoms with E-state index in [1.54, 1.807) is 30.3 Å². The van der Waals surface area contributed by atoms with Gasteiger partial charge >= 0.3 is 0 Å². The molecular weight excluding hydrogens is 382 g/mol. The second-order valence-electron chi connectivity index (χ2n) is 5.45. The molecule has 136 valence electrons. The summed E-state index contributed by atoms with van der Waals surface area (Å²) in [5.41, 5.74) is 0.520. The van der Waals surface area contributed by atoms with E-state index < -0.39 is 35.8 Å². The van der Waals surface area contributed by atoms with Gasteiger partial charge in [-0.1, -0.05) is 18.2 Å². The van der Waals surface area contributed by atoms with Crippen LogP contribution in [0.25, 0.3) is 10.8 Å². The van der Waals surface area contributed by atoms with Crippen LogP contribution in [0.4, 0.5) is 11.4 Å². The molecule has 3 aromatic rings. The first kappa shape index (κ1) is 18.1. The Morgan fingerprint density at radius 1 is 0.808 bits per heavy atom. The molecular formula is C16H13NO7S2. The molecule has 0 fully saturated rings. The number of hydrogen-bond acceptors (Lipinski definition) is 6. The highest BCUT2D eigenvalue weighted by atomic mass is 32.2. The number of nitrogens with one attached hydrogen (secondary N) is 1. The van der Waals surface area contributed by atoms with E-state index in [9.17, 15) is 26.5 Å². The predicted molar refractivity (Wildman–Crippen MR) is 95.0 cm³/mol. The van der Waals surface area contributed by atoms with Gasteiger partial charge in [-0.2, -0.15) is 16.8 Å². The number of fused-ring (bicyclic) bond motifs is 1. The maximum Gasteiger partial charge on any atom is 0.296 e. The minimum atomic E-state index is -4.66. The quantitative estimate of drug-likeness (QED) is 0.494. The summed E-state index contributed by atoms with van der Waals surface area (Å²) in [6.45, 7) is 0. The fourth-order valence-electron chi connectivity index (χ4n) is 2.48. The molecule has 0 saturated heterocycles. The Labute approximate surface area is 149 Å². The SMILES string of the molecule is O=S(=O)(O)c1cc(O)c2cc(Nc3ccccc3)c(S(=O)(=O)O)cc2c1. The zero-order valence-electron chi connectivity index (χ0n) is 13.0. The Balaban J connectivity index is 2.29. The van der Waals surface area contributed by atoms with Gasteiger partial charge in [-0.15, -0.1) is 0 Å². The Morgan fingerprint density at radius 3 is 2.04 bits per heavy atom. The molecule has 0 atom stereocenters. The molecule has 0 radical (unpaired) electrons. The zero-order valence-corrected chi connectivity index (χ0v) is 14.6. The minimum Gasteiger partial charge on any atom is -0.507 e. The lowest BCUT2D eigenvalue weighted by atomic mass is 10.1. The van der Waals surface area contributed by atoms with E-state index in [0.29, 0.717) is 5.69 Å². The molecule has 0 aliphatic rings. The van der Waals surface area contributed by atoms with Crippen molar-refractivity contribution in [2.75, 3.05) is 5.32 Å². The van der Waals surface area contributed by atoms with Gasteiger partial charge in [-0.3, -0.25) is 9.11 Å². The van der Waals surface area contributed by atoms with Gasteiger partial charge in [0, 0.05) is 17.1 Å². The van der Waals surface area contributed by atoms with E-state index in [1.165, 1.54) is 6.07 Å². The third kappa shape index (κ3) is 3.63. The first-order valence-electron chi connectivity index (χ1n) is 7.13. The third-order valence-corrected chi connectivity index (χ3v) is 5.36. The molecule has 3 rings (SSSR count). The van der Waals surface area contributed by atoms with Crippen LogP contribution in [-0.4, -0.2) is 31.0 Å². The fourth-order valence-corrected chi connectivity index (χ4v) is 3.68. The van der Waals surface area contributed by atoms with Gasteiger partial charge in [0.2, 0.25) is 0 Å². The lowest BCUT2D eigenvalue weighted by Crippen LogP contribution is -2.04. The average Bonchev–Trinajstić information content (AvgIpc) is 2.54. The highest BCUT2D eigenvalue weighted by Crippen LogP contribution is 2.35. The summed E-state index contributed by atoms with van der Waals surface area (Å²) in [4.78, 5) is -1.12. The van der Waals surface area contributed by atoms with Crippen LogP contribution < -0.4 is 5.32 Å². The number of phenols is 1. The molecule has 3 aromatic carbocycles. The van der Waals surface area contributed by atoms with Crippen molar-refractivity contribution in [3.05, 3.63) is 54.6 Å². The number of aromatic hydroxyl groups is 1. The zero-order chi connectivity index (χ0) is 19.1. The van der Waals surface area contributed by atoms with Gasteiger partial charge in [0.1, 0.15) is 10.6 Å². The van der Waals surface area contributed by atoms with Crippen LogP contribution in [0.3, 0.4) is 0 Å². The van der Waals surface area contributed by atoms with Crippen LogP contribution in [-0.2, 0) is 20.2 Å². The van der Waals surface area contributed by atoms with Gasteiger partial charge in [-0.05, 0) is 35.7 Å². The second-order valence-corrected chi connectivity index (χ2v) is 8.26. The van der Waals surface area contributed by atoms with Crippen LogP contribution in [0.15, 0.2) is 64.4 Å². The number of benzene rings is 3. The third-order valence-electron chi connectivity index (χ3n) is 3.63. The molecule has 0 aliphatic heterocycles. The largest absolute Gasteiger partial charge is 0.507 e. The minimum absolute atomic E-state index is 0.00358. The lowest BCUT2D eigenvalue weighted by molar-refractivity contribution is 0.471. The van der Waals surface area contributed by atoms with Crippen molar-refractivity contribution in [2.45, 2.75) is 9.79 Å². The highest BCUT2D eigenvalue weighted by Gasteiger charge is 2.20. The van der Waals surface area contributed by atoms with Crippen LogP contribution >= 0.6 is 0 Å². The molecule has 0 bridgehead atoms. The average molecular weight is 395 g/mol. The Kier molecular flexibility index (Phi) is 4.36. The fraction of sp³-hybridized carbons (Fsp3) is 0. The smallest absolute Gasteiger partial charge is 0.296 e. The van der Waals surface area contributed by atoms with Crippen molar-refractivity contribution in [1.29, 1.82) is 0 Å². The van der Waals surface area contributed by atoms with Crippen LogP contribution in [0.5, 0.6) is 5.75 Å². The summed E-state index contributed by atoms with van der Waals surface area (Å²) in [5.74, 6) is -0.479. The summed E-state index contributed by atoms with van der Waals surface area (Å²) in [5, 5.41) is 13.0.